The number of hydrogen-bond acceptors (Lipinski definition) is 3. The molecule has 0 saturated carbocycles. The second kappa shape index (κ2) is 5.35. The van der Waals surface area contributed by atoms with Crippen molar-refractivity contribution in [3.8, 4) is 0 Å². The van der Waals surface area contributed by atoms with Gasteiger partial charge in [-0.1, -0.05) is 0 Å². The first-order valence-electron chi connectivity index (χ1n) is 4.62. The zero-order valence-corrected chi connectivity index (χ0v) is 13.7. The van der Waals surface area contributed by atoms with Crippen molar-refractivity contribution >= 4 is 35.0 Å². The molecule has 1 aromatic rings. The molecule has 0 amide bonds. The van der Waals surface area contributed by atoms with Crippen molar-refractivity contribution in [3.63, 3.8) is 0 Å². The fourth-order valence-electron chi connectivity index (χ4n) is 0.963. The van der Waals surface area contributed by atoms with Crippen LogP contribution in [0.4, 0.5) is 30.2 Å². The Morgan fingerprint density at radius 3 is 1.90 bits per heavy atom. The Morgan fingerprint density at radius 1 is 1.05 bits per heavy atom. The van der Waals surface area contributed by atoms with Gasteiger partial charge in [0.15, 0.2) is 0 Å². The van der Waals surface area contributed by atoms with Gasteiger partial charge in [-0.25, -0.2) is 0 Å². The molecule has 1 aromatic carbocycles. The summed E-state index contributed by atoms with van der Waals surface area (Å²) in [5.74, 6) is 0. The number of rotatable bonds is 5. The summed E-state index contributed by atoms with van der Waals surface area (Å²) in [6.45, 7) is -1.79. The van der Waals surface area contributed by atoms with Crippen molar-refractivity contribution in [2.75, 3.05) is 0 Å². The monoisotopic (exact) mass is 590 g/mol. The maximum atomic E-state index is 13.2. The van der Waals surface area contributed by atoms with E-state index in [9.17, 15) is 38.6 Å². The van der Waals surface area contributed by atoms with E-state index >= 15 is 0 Å². The zero-order chi connectivity index (χ0) is 16.5. The molecule has 0 radical (unpaired) electrons. The van der Waals surface area contributed by atoms with E-state index in [0.29, 0.717) is 0 Å². The number of alkyl halides is 4. The predicted octanol–water partition coefficient (Wildman–Crippen LogP) is 3.00. The molecule has 12 heteroatoms. The van der Waals surface area contributed by atoms with Gasteiger partial charge in [-0.15, -0.1) is 0 Å². The molecular weight excluding hydrogens is 588 g/mol. The molecule has 1 rings (SSSR count). The van der Waals surface area contributed by atoms with Crippen LogP contribution in [0.5, 0.6) is 0 Å². The van der Waals surface area contributed by atoms with E-state index in [-0.39, 0.29) is 6.07 Å². The first-order valence-corrected chi connectivity index (χ1v) is 9.45. The Hall–Kier alpha value is -2.10. The number of thioether (sulfide) groups is 1. The van der Waals surface area contributed by atoms with Gasteiger partial charge in [0.1, 0.15) is 0 Å². The minimum atomic E-state index is -6.80. The van der Waals surface area contributed by atoms with Crippen molar-refractivity contribution in [1.82, 2.24) is 0 Å². The first-order chi connectivity index (χ1) is 9.37. The molecule has 0 saturated heterocycles. The van der Waals surface area contributed by atoms with E-state index in [1.165, 1.54) is 0 Å². The van der Waals surface area contributed by atoms with Crippen LogP contribution in [-0.2, 0) is 10.2 Å². The van der Waals surface area contributed by atoms with Gasteiger partial charge in [0, 0.05) is 0 Å². The number of hydrogen-bond donors (Lipinski definition) is 0. The third-order valence-corrected chi connectivity index (χ3v) is 5.99. The summed E-state index contributed by atoms with van der Waals surface area (Å²) in [7, 11) is -6.80. The summed E-state index contributed by atoms with van der Waals surface area (Å²) in [6, 6.07) is 3.97. The van der Waals surface area contributed by atoms with Gasteiger partial charge in [0.2, 0.25) is 0 Å². The summed E-state index contributed by atoms with van der Waals surface area (Å²) in [6.07, 6.45) is 0. The van der Waals surface area contributed by atoms with Gasteiger partial charge in [0.05, 0.1) is 0 Å². The van der Waals surface area contributed by atoms with Crippen LogP contribution in [0.3, 0.4) is 0 Å². The molecule has 0 heterocycles. The normalized spacial score (nSPS) is 12.9. The topological polar surface area (TPSA) is 34.1 Å². The molecule has 0 unspecified atom stereocenters. The van der Waals surface area contributed by atoms with E-state index in [0.717, 1.165) is 24.3 Å². The Morgan fingerprint density at radius 2 is 1.52 bits per heavy atom. The van der Waals surface area contributed by atoms with E-state index in [2.05, 4.69) is 0 Å². The second-order valence-corrected chi connectivity index (χ2v) is 9.01. The molecule has 0 bridgehead atoms. The molecule has 123 valence electrons. The summed E-state index contributed by atoms with van der Waals surface area (Å²) in [5, 5.41) is -11.2. The molecule has 0 fully saturated rings. The van der Waals surface area contributed by atoms with Crippen molar-refractivity contribution in [3.05, 3.63) is 24.3 Å². The van der Waals surface area contributed by atoms with Crippen LogP contribution in [0, 0.1) is 0 Å². The Balaban J connectivity index is 3.02. The Bertz CT molecular complexity index is 639. The maximum absolute atomic E-state index is 13.2. The zero-order valence-electron chi connectivity index (χ0n) is 9.40. The van der Waals surface area contributed by atoms with Gasteiger partial charge >= 0.3 is 113 Å². The van der Waals surface area contributed by atoms with Crippen LogP contribution in [0.2, 0.25) is 0 Å². The molecule has 0 N–H and O–H groups in total. The fourth-order valence-corrected chi connectivity index (χ4v) is 3.81. The standard InChI is InChI=1S/C8H4F5O2S2.CF2.Cf/c9-7(10,8(11,12)17(13,14)15)16-6-4-2-1-3-5-6;2-1-3;/h2-5H;;. The van der Waals surface area contributed by atoms with Crippen LogP contribution >= 0.6 is 11.8 Å². The molecule has 21 heavy (non-hydrogen) atoms. The summed E-state index contributed by atoms with van der Waals surface area (Å²) in [4.78, 5) is -0.512. The average molecular weight is 592 g/mol. The van der Waals surface area contributed by atoms with Crippen molar-refractivity contribution < 1.29 is 38.6 Å². The SMILES string of the molecule is O=S(=O)(F)C(F)(F)C(F)(F)Sc1cc[c]([Cf]=[C](F)F)cc1. The third-order valence-electron chi connectivity index (χ3n) is 1.84. The number of benzene rings is 1. The molecule has 0 aliphatic heterocycles. The third kappa shape index (κ3) is 3.72. The summed E-state index contributed by atoms with van der Waals surface area (Å²) in [5.41, 5.74) is 0. The molecule has 0 atom stereocenters. The average Bonchev–Trinajstić information content (AvgIpc) is 2.29. The van der Waals surface area contributed by atoms with Gasteiger partial charge in [-0.2, -0.15) is 0 Å². The quantitative estimate of drug-likeness (QED) is 0.300. The molecule has 0 aliphatic rings. The van der Waals surface area contributed by atoms with Crippen LogP contribution < -0.4 is 6.07 Å². The molecule has 2 nitrogen and oxygen atoms in total. The van der Waals surface area contributed by atoms with Gasteiger partial charge in [-0.05, 0) is 0 Å². The molecule has 0 aromatic heterocycles. The van der Waals surface area contributed by atoms with Crippen LogP contribution in [0.1, 0.15) is 0 Å². The minimum absolute atomic E-state index is 0.183. The van der Waals surface area contributed by atoms with E-state index in [1.807, 2.05) is 0 Å². The van der Waals surface area contributed by atoms with Crippen LogP contribution in [-0.4, -0.2) is 25.9 Å². The molecule has 0 aliphatic carbocycles. The second-order valence-electron chi connectivity index (χ2n) is 3.26. The van der Waals surface area contributed by atoms with E-state index in [4.69, 9.17) is 0 Å². The molecule has 0 spiro atoms. The van der Waals surface area contributed by atoms with E-state index in [1.54, 1.807) is 0 Å². The predicted molar refractivity (Wildman–Crippen MR) is 59.1 cm³/mol. The van der Waals surface area contributed by atoms with Gasteiger partial charge < -0.3 is 0 Å². The Kier molecular flexibility index (Phi) is 4.32. The van der Waals surface area contributed by atoms with Crippen molar-refractivity contribution in [2.45, 2.75) is 15.4 Å². The number of halogens is 7. The molecular formula is C9H4CfF7O2S2. The van der Waals surface area contributed by atoms with Crippen LogP contribution in [0.25, 0.3) is 0 Å². The summed E-state index contributed by atoms with van der Waals surface area (Å²) < 4.78 is 106. The van der Waals surface area contributed by atoms with Crippen molar-refractivity contribution in [1.29, 1.82) is 0 Å². The van der Waals surface area contributed by atoms with Crippen molar-refractivity contribution in [2.24, 2.45) is 0 Å². The van der Waals surface area contributed by atoms with Gasteiger partial charge in [-0.3, -0.25) is 0 Å². The van der Waals surface area contributed by atoms with E-state index < -0.39 is 44.3 Å². The van der Waals surface area contributed by atoms with Crippen LogP contribution in [0.15, 0.2) is 29.2 Å². The summed E-state index contributed by atoms with van der Waals surface area (Å²) >= 11 is -0.873. The van der Waals surface area contributed by atoms with Gasteiger partial charge in [0.25, 0.3) is 0 Å². The first kappa shape index (κ1) is 17.0. The fraction of sp³-hybridized carbons (Fsp3) is 0.222. The Labute approximate surface area is 114 Å².